The van der Waals surface area contributed by atoms with Crippen molar-refractivity contribution in [1.29, 1.82) is 0 Å². The van der Waals surface area contributed by atoms with Crippen molar-refractivity contribution in [2.45, 2.75) is 0 Å². The number of benzene rings is 2. The molecule has 0 saturated carbocycles. The fourth-order valence-electron chi connectivity index (χ4n) is 2.38. The number of nitrogens with one attached hydrogen (secondary N) is 1. The minimum Gasteiger partial charge on any atom is -0.486 e. The predicted molar refractivity (Wildman–Crippen MR) is 72.4 cm³/mol. The van der Waals surface area contributed by atoms with Crippen LogP contribution in [0.4, 0.5) is 13.2 Å². The summed E-state index contributed by atoms with van der Waals surface area (Å²) in [4.78, 5) is 7.08. The lowest BCUT2D eigenvalue weighted by Gasteiger charge is -2.17. The normalized spacial score (nSPS) is 13.6. The molecule has 0 aliphatic carbocycles. The number of aromatic nitrogens is 2. The van der Waals surface area contributed by atoms with E-state index in [0.717, 1.165) is 12.1 Å². The van der Waals surface area contributed by atoms with E-state index in [1.807, 2.05) is 0 Å². The largest absolute Gasteiger partial charge is 0.486 e. The smallest absolute Gasteiger partial charge is 0.195 e. The molecule has 1 aromatic heterocycles. The molecule has 1 aliphatic rings. The SMILES string of the molecule is Fc1ccc(-c2nc3cc4c(cc3[nH]2)OCCO4)c(F)c1F. The minimum absolute atomic E-state index is 0.105. The van der Waals surface area contributed by atoms with Crippen LogP contribution >= 0.6 is 0 Å². The molecular formula is C15H9F3N2O2. The molecule has 0 spiro atoms. The summed E-state index contributed by atoms with van der Waals surface area (Å²) >= 11 is 0. The zero-order valence-corrected chi connectivity index (χ0v) is 11.1. The summed E-state index contributed by atoms with van der Waals surface area (Å²) in [6, 6.07) is 5.33. The molecule has 4 rings (SSSR count). The van der Waals surface area contributed by atoms with Crippen molar-refractivity contribution in [3.05, 3.63) is 41.7 Å². The minimum atomic E-state index is -1.52. The third kappa shape index (κ3) is 1.89. The Morgan fingerprint density at radius 2 is 1.68 bits per heavy atom. The second-order valence-corrected chi connectivity index (χ2v) is 4.82. The van der Waals surface area contributed by atoms with E-state index in [0.29, 0.717) is 35.7 Å². The van der Waals surface area contributed by atoms with E-state index < -0.39 is 17.5 Å². The maximum Gasteiger partial charge on any atom is 0.195 e. The van der Waals surface area contributed by atoms with Crippen LogP contribution in [0.25, 0.3) is 22.4 Å². The number of rotatable bonds is 1. The summed E-state index contributed by atoms with van der Waals surface area (Å²) in [6.07, 6.45) is 0. The second-order valence-electron chi connectivity index (χ2n) is 4.82. The van der Waals surface area contributed by atoms with Crippen LogP contribution < -0.4 is 9.47 Å². The Labute approximate surface area is 122 Å². The van der Waals surface area contributed by atoms with Gasteiger partial charge in [0.05, 0.1) is 16.6 Å². The highest BCUT2D eigenvalue weighted by Crippen LogP contribution is 2.35. The molecule has 0 bridgehead atoms. The fraction of sp³-hybridized carbons (Fsp3) is 0.133. The molecule has 2 heterocycles. The second kappa shape index (κ2) is 4.66. The van der Waals surface area contributed by atoms with Crippen molar-refractivity contribution in [2.75, 3.05) is 13.2 Å². The summed E-state index contributed by atoms with van der Waals surface area (Å²) < 4.78 is 51.1. The quantitative estimate of drug-likeness (QED) is 0.701. The zero-order valence-electron chi connectivity index (χ0n) is 11.1. The van der Waals surface area contributed by atoms with Gasteiger partial charge < -0.3 is 14.5 Å². The maximum atomic E-state index is 13.9. The van der Waals surface area contributed by atoms with Crippen molar-refractivity contribution in [3.63, 3.8) is 0 Å². The van der Waals surface area contributed by atoms with E-state index in [2.05, 4.69) is 9.97 Å². The van der Waals surface area contributed by atoms with Crippen LogP contribution in [0.1, 0.15) is 0 Å². The van der Waals surface area contributed by atoms with Gasteiger partial charge in [0.25, 0.3) is 0 Å². The molecule has 2 aromatic carbocycles. The van der Waals surface area contributed by atoms with E-state index in [4.69, 9.17) is 9.47 Å². The molecule has 0 fully saturated rings. The Hall–Kier alpha value is -2.70. The lowest BCUT2D eigenvalue weighted by Crippen LogP contribution is -2.15. The van der Waals surface area contributed by atoms with Gasteiger partial charge in [-0.05, 0) is 12.1 Å². The molecule has 112 valence electrons. The lowest BCUT2D eigenvalue weighted by molar-refractivity contribution is 0.172. The monoisotopic (exact) mass is 306 g/mol. The average molecular weight is 306 g/mol. The van der Waals surface area contributed by atoms with Crippen LogP contribution in [-0.2, 0) is 0 Å². The van der Waals surface area contributed by atoms with Gasteiger partial charge in [-0.2, -0.15) is 0 Å². The highest BCUT2D eigenvalue weighted by molar-refractivity contribution is 5.83. The van der Waals surface area contributed by atoms with Gasteiger partial charge in [-0.3, -0.25) is 0 Å². The Bertz CT molecular complexity index is 849. The molecule has 4 nitrogen and oxygen atoms in total. The average Bonchev–Trinajstić information content (AvgIpc) is 2.92. The highest BCUT2D eigenvalue weighted by Gasteiger charge is 2.19. The van der Waals surface area contributed by atoms with Gasteiger partial charge in [-0.15, -0.1) is 0 Å². The Morgan fingerprint density at radius 3 is 2.45 bits per heavy atom. The number of halogens is 3. The number of fused-ring (bicyclic) bond motifs is 2. The van der Waals surface area contributed by atoms with E-state index in [1.54, 1.807) is 12.1 Å². The number of nitrogens with zero attached hydrogens (tertiary/aromatic N) is 1. The third-order valence-electron chi connectivity index (χ3n) is 3.44. The van der Waals surface area contributed by atoms with E-state index >= 15 is 0 Å². The van der Waals surface area contributed by atoms with Gasteiger partial charge in [-0.25, -0.2) is 18.2 Å². The maximum absolute atomic E-state index is 13.9. The van der Waals surface area contributed by atoms with Crippen molar-refractivity contribution in [2.24, 2.45) is 0 Å². The molecule has 3 aromatic rings. The molecule has 1 N–H and O–H groups in total. The van der Waals surface area contributed by atoms with Crippen LogP contribution in [-0.4, -0.2) is 23.2 Å². The van der Waals surface area contributed by atoms with Crippen molar-refractivity contribution < 1.29 is 22.6 Å². The summed E-state index contributed by atoms with van der Waals surface area (Å²) in [5.41, 5.74) is 0.960. The summed E-state index contributed by atoms with van der Waals surface area (Å²) in [5, 5.41) is 0. The first-order valence-electron chi connectivity index (χ1n) is 6.57. The van der Waals surface area contributed by atoms with Crippen LogP contribution in [0.5, 0.6) is 11.5 Å². The number of ether oxygens (including phenoxy) is 2. The van der Waals surface area contributed by atoms with Crippen LogP contribution in [0.15, 0.2) is 24.3 Å². The molecule has 0 radical (unpaired) electrons. The first-order valence-corrected chi connectivity index (χ1v) is 6.57. The van der Waals surface area contributed by atoms with E-state index in [9.17, 15) is 13.2 Å². The van der Waals surface area contributed by atoms with E-state index in [1.165, 1.54) is 0 Å². The number of imidazole rings is 1. The van der Waals surface area contributed by atoms with Gasteiger partial charge in [0.15, 0.2) is 29.0 Å². The lowest BCUT2D eigenvalue weighted by atomic mass is 10.2. The van der Waals surface area contributed by atoms with Crippen molar-refractivity contribution in [3.8, 4) is 22.9 Å². The van der Waals surface area contributed by atoms with Gasteiger partial charge in [0.2, 0.25) is 0 Å². The standard InChI is InChI=1S/C15H9F3N2O2/c16-8-2-1-7(13(17)14(8)18)15-19-9-5-11-12(6-10(9)20-15)22-4-3-21-11/h1-2,5-6H,3-4H2,(H,19,20). The molecule has 7 heteroatoms. The Kier molecular flexibility index (Phi) is 2.75. The van der Waals surface area contributed by atoms with E-state index in [-0.39, 0.29) is 11.4 Å². The van der Waals surface area contributed by atoms with Crippen molar-refractivity contribution in [1.82, 2.24) is 9.97 Å². The molecule has 0 saturated heterocycles. The van der Waals surface area contributed by atoms with Crippen LogP contribution in [0.2, 0.25) is 0 Å². The first-order chi connectivity index (χ1) is 10.6. The molecule has 0 amide bonds. The van der Waals surface area contributed by atoms with Crippen LogP contribution in [0, 0.1) is 17.5 Å². The highest BCUT2D eigenvalue weighted by atomic mass is 19.2. The Morgan fingerprint density at radius 1 is 0.955 bits per heavy atom. The zero-order chi connectivity index (χ0) is 15.3. The molecule has 1 aliphatic heterocycles. The summed E-state index contributed by atoms with van der Waals surface area (Å²) in [7, 11) is 0. The van der Waals surface area contributed by atoms with Gasteiger partial charge in [0.1, 0.15) is 19.0 Å². The molecule has 0 atom stereocenters. The number of aromatic amines is 1. The van der Waals surface area contributed by atoms with Gasteiger partial charge in [0, 0.05) is 12.1 Å². The fourth-order valence-corrected chi connectivity index (χ4v) is 2.38. The summed E-state index contributed by atoms with van der Waals surface area (Å²) in [5.74, 6) is -2.84. The summed E-state index contributed by atoms with van der Waals surface area (Å²) in [6.45, 7) is 0.880. The number of hydrogen-bond donors (Lipinski definition) is 1. The van der Waals surface area contributed by atoms with Crippen molar-refractivity contribution >= 4 is 11.0 Å². The first kappa shape index (κ1) is 13.0. The predicted octanol–water partition coefficient (Wildman–Crippen LogP) is 3.42. The van der Waals surface area contributed by atoms with Gasteiger partial charge in [-0.1, -0.05) is 0 Å². The van der Waals surface area contributed by atoms with Gasteiger partial charge >= 0.3 is 0 Å². The number of H-pyrrole nitrogens is 1. The molecule has 22 heavy (non-hydrogen) atoms. The Balaban J connectivity index is 1.88. The molecule has 0 unspecified atom stereocenters. The topological polar surface area (TPSA) is 47.1 Å². The number of hydrogen-bond acceptors (Lipinski definition) is 3. The molecular weight excluding hydrogens is 297 g/mol. The third-order valence-corrected chi connectivity index (χ3v) is 3.44. The van der Waals surface area contributed by atoms with Crippen LogP contribution in [0.3, 0.4) is 0 Å².